The van der Waals surface area contributed by atoms with Gasteiger partial charge in [0, 0.05) is 54.8 Å². The van der Waals surface area contributed by atoms with Crippen molar-refractivity contribution in [2.75, 3.05) is 29.4 Å². The van der Waals surface area contributed by atoms with Crippen molar-refractivity contribution in [2.24, 2.45) is 5.92 Å². The van der Waals surface area contributed by atoms with Crippen LogP contribution in [0.1, 0.15) is 58.6 Å². The summed E-state index contributed by atoms with van der Waals surface area (Å²) in [6, 6.07) is 7.99. The zero-order valence-corrected chi connectivity index (χ0v) is 22.0. The van der Waals surface area contributed by atoms with Crippen molar-refractivity contribution in [3.05, 3.63) is 35.8 Å². The highest BCUT2D eigenvalue weighted by Crippen LogP contribution is 2.58. The number of nitrogens with zero attached hydrogens (tertiary/aromatic N) is 8. The van der Waals surface area contributed by atoms with Gasteiger partial charge in [0.25, 0.3) is 0 Å². The van der Waals surface area contributed by atoms with Crippen LogP contribution in [0.4, 0.5) is 22.2 Å². The third kappa shape index (κ3) is 4.31. The van der Waals surface area contributed by atoms with Gasteiger partial charge < -0.3 is 19.4 Å². The number of carbonyl (C=O) groups excluding carboxylic acids is 1. The molecule has 0 bridgehead atoms. The molecule has 2 atom stereocenters. The summed E-state index contributed by atoms with van der Waals surface area (Å²) in [4.78, 5) is 33.0. The van der Waals surface area contributed by atoms with Gasteiger partial charge in [0.15, 0.2) is 0 Å². The molecule has 0 radical (unpaired) electrons. The Morgan fingerprint density at radius 3 is 2.51 bits per heavy atom. The number of ether oxygens (including phenoxy) is 1. The average Bonchev–Trinajstić information content (AvgIpc) is 3.19. The second-order valence-corrected chi connectivity index (χ2v) is 11.5. The number of anilines is 3. The van der Waals surface area contributed by atoms with Gasteiger partial charge in [-0.2, -0.15) is 10.5 Å². The van der Waals surface area contributed by atoms with Crippen molar-refractivity contribution >= 4 is 23.5 Å². The van der Waals surface area contributed by atoms with E-state index < -0.39 is 5.60 Å². The summed E-state index contributed by atoms with van der Waals surface area (Å²) in [5.74, 6) is 2.28. The first kappa shape index (κ1) is 24.8. The quantitative estimate of drug-likeness (QED) is 0.604. The van der Waals surface area contributed by atoms with Gasteiger partial charge in [-0.25, -0.2) is 19.7 Å². The molecular weight excluding hydrogens is 468 g/mol. The van der Waals surface area contributed by atoms with Crippen LogP contribution in [0.5, 0.6) is 0 Å². The van der Waals surface area contributed by atoms with E-state index in [4.69, 9.17) is 9.72 Å². The van der Waals surface area contributed by atoms with E-state index in [0.29, 0.717) is 31.0 Å². The minimum atomic E-state index is -0.557. The summed E-state index contributed by atoms with van der Waals surface area (Å²) in [5, 5.41) is 19.0. The molecule has 1 amide bonds. The normalized spacial score (nSPS) is 26.8. The molecule has 0 unspecified atom stereocenters. The van der Waals surface area contributed by atoms with E-state index in [-0.39, 0.29) is 29.5 Å². The molecular formula is C27H32N8O2. The molecule has 1 spiro atoms. The first-order valence-corrected chi connectivity index (χ1v) is 12.7. The molecule has 192 valence electrons. The van der Waals surface area contributed by atoms with Gasteiger partial charge in [0.2, 0.25) is 0 Å². The lowest BCUT2D eigenvalue weighted by atomic mass is 9.60. The number of hydrogen-bond donors (Lipinski definition) is 0. The van der Waals surface area contributed by atoms with Crippen LogP contribution < -0.4 is 9.80 Å². The molecule has 0 N–H and O–H groups in total. The largest absolute Gasteiger partial charge is 0.444 e. The van der Waals surface area contributed by atoms with Gasteiger partial charge in [-0.15, -0.1) is 0 Å². The molecule has 0 aromatic carbocycles. The van der Waals surface area contributed by atoms with Gasteiger partial charge in [-0.3, -0.25) is 0 Å². The fraction of sp³-hybridized carbons (Fsp3) is 0.556. The Hall–Kier alpha value is -3.92. The molecule has 2 aromatic heterocycles. The van der Waals surface area contributed by atoms with E-state index in [1.165, 1.54) is 0 Å². The SMILES string of the molecule is C[C@@H]1CN(c2ncnc3c2C2(CC(C#N)C2)CN3c2cc(C#N)ccn2)[C@@H](C)CN1C(=O)OC(C)(C)C. The molecule has 1 aliphatic carbocycles. The molecule has 37 heavy (non-hydrogen) atoms. The van der Waals surface area contributed by atoms with Gasteiger partial charge >= 0.3 is 6.09 Å². The summed E-state index contributed by atoms with van der Waals surface area (Å²) in [7, 11) is 0. The summed E-state index contributed by atoms with van der Waals surface area (Å²) >= 11 is 0. The Labute approximate surface area is 217 Å². The van der Waals surface area contributed by atoms with Crippen molar-refractivity contribution in [2.45, 2.75) is 70.6 Å². The van der Waals surface area contributed by atoms with Crippen LogP contribution >= 0.6 is 0 Å². The maximum Gasteiger partial charge on any atom is 0.410 e. The van der Waals surface area contributed by atoms with Crippen molar-refractivity contribution in [3.8, 4) is 12.1 Å². The highest BCUT2D eigenvalue weighted by atomic mass is 16.6. The average molecular weight is 501 g/mol. The maximum atomic E-state index is 12.9. The van der Waals surface area contributed by atoms with Gasteiger partial charge in [-0.05, 0) is 59.6 Å². The molecule has 2 aromatic rings. The Morgan fingerprint density at radius 2 is 1.84 bits per heavy atom. The van der Waals surface area contributed by atoms with Crippen LogP contribution in [0.25, 0.3) is 0 Å². The zero-order valence-electron chi connectivity index (χ0n) is 22.0. The summed E-state index contributed by atoms with van der Waals surface area (Å²) in [5.41, 5.74) is 0.752. The third-order valence-electron chi connectivity index (χ3n) is 7.55. The predicted molar refractivity (Wildman–Crippen MR) is 137 cm³/mol. The number of piperazine rings is 1. The molecule has 10 nitrogen and oxygen atoms in total. The number of fused-ring (bicyclic) bond motifs is 2. The summed E-state index contributed by atoms with van der Waals surface area (Å²) < 4.78 is 5.65. The minimum Gasteiger partial charge on any atom is -0.444 e. The number of nitriles is 2. The Bertz CT molecular complexity index is 1300. The monoisotopic (exact) mass is 500 g/mol. The first-order valence-electron chi connectivity index (χ1n) is 12.7. The van der Waals surface area contributed by atoms with Crippen molar-refractivity contribution in [1.82, 2.24) is 19.9 Å². The standard InChI is InChI=1S/C27H32N8O2/c1-17-14-34(25(36)37-26(3,4)5)18(2)13-33(17)23-22-24(32-16-31-23)35(15-27(22)9-20(10-27)12-29)21-8-19(11-28)6-7-30-21/h6-8,16-18,20H,9-10,13-15H2,1-5H3/t17-,18+,20?,27?/m0/s1. The number of pyridine rings is 1. The van der Waals surface area contributed by atoms with Gasteiger partial charge in [0.1, 0.15) is 29.4 Å². The number of aromatic nitrogens is 3. The third-order valence-corrected chi connectivity index (χ3v) is 7.55. The number of hydrogen-bond acceptors (Lipinski definition) is 9. The smallest absolute Gasteiger partial charge is 0.410 e. The van der Waals surface area contributed by atoms with E-state index >= 15 is 0 Å². The van der Waals surface area contributed by atoms with Crippen molar-refractivity contribution in [3.63, 3.8) is 0 Å². The van der Waals surface area contributed by atoms with Crippen LogP contribution in [0, 0.1) is 28.6 Å². The number of carbonyl (C=O) groups is 1. The highest BCUT2D eigenvalue weighted by molar-refractivity contribution is 5.75. The second kappa shape index (κ2) is 8.88. The lowest BCUT2D eigenvalue weighted by Gasteiger charge is -2.47. The van der Waals surface area contributed by atoms with E-state index in [2.05, 4.69) is 38.8 Å². The molecule has 10 heteroatoms. The van der Waals surface area contributed by atoms with Gasteiger partial charge in [-0.1, -0.05) is 0 Å². The molecule has 2 aliphatic heterocycles. The minimum absolute atomic E-state index is 0.000649. The Kier molecular flexibility index (Phi) is 5.94. The molecule has 2 fully saturated rings. The predicted octanol–water partition coefficient (Wildman–Crippen LogP) is 3.90. The summed E-state index contributed by atoms with van der Waals surface area (Å²) in [6.45, 7) is 11.5. The van der Waals surface area contributed by atoms with E-state index in [0.717, 1.165) is 30.0 Å². The van der Waals surface area contributed by atoms with Crippen LogP contribution in [0.3, 0.4) is 0 Å². The van der Waals surface area contributed by atoms with E-state index in [1.54, 1.807) is 29.6 Å². The fourth-order valence-electron chi connectivity index (χ4n) is 5.85. The Balaban J connectivity index is 1.51. The van der Waals surface area contributed by atoms with Crippen LogP contribution in [0.2, 0.25) is 0 Å². The number of amides is 1. The van der Waals surface area contributed by atoms with Crippen LogP contribution in [-0.4, -0.2) is 63.3 Å². The first-order chi connectivity index (χ1) is 17.5. The highest BCUT2D eigenvalue weighted by Gasteiger charge is 2.55. The molecule has 1 saturated heterocycles. The molecule has 4 heterocycles. The van der Waals surface area contributed by atoms with E-state index in [9.17, 15) is 15.3 Å². The molecule has 5 rings (SSSR count). The molecule has 1 saturated carbocycles. The number of rotatable bonds is 2. The van der Waals surface area contributed by atoms with E-state index in [1.807, 2.05) is 27.7 Å². The van der Waals surface area contributed by atoms with Gasteiger partial charge in [0.05, 0.1) is 17.7 Å². The second-order valence-electron chi connectivity index (χ2n) is 11.5. The topological polar surface area (TPSA) is 122 Å². The van der Waals surface area contributed by atoms with Crippen molar-refractivity contribution < 1.29 is 9.53 Å². The van der Waals surface area contributed by atoms with Crippen LogP contribution in [-0.2, 0) is 10.2 Å². The fourth-order valence-corrected chi connectivity index (χ4v) is 5.85. The zero-order chi connectivity index (χ0) is 26.5. The lowest BCUT2D eigenvalue weighted by Crippen LogP contribution is -2.59. The van der Waals surface area contributed by atoms with Crippen LogP contribution in [0.15, 0.2) is 24.7 Å². The summed E-state index contributed by atoms with van der Waals surface area (Å²) in [6.07, 6.45) is 4.37. The maximum absolute atomic E-state index is 12.9. The van der Waals surface area contributed by atoms with Crippen molar-refractivity contribution in [1.29, 1.82) is 10.5 Å². The lowest BCUT2D eigenvalue weighted by molar-refractivity contribution is 0.0129. The molecule has 3 aliphatic rings. The Morgan fingerprint density at radius 1 is 1.11 bits per heavy atom.